The van der Waals surface area contributed by atoms with E-state index in [4.69, 9.17) is 16.3 Å². The molecule has 0 amide bonds. The predicted octanol–water partition coefficient (Wildman–Crippen LogP) is 4.32. The number of nitrogens with one attached hydrogen (secondary N) is 1. The van der Waals surface area contributed by atoms with Crippen molar-refractivity contribution < 1.29 is 4.74 Å². The number of rotatable bonds is 6. The molecule has 0 atom stereocenters. The Morgan fingerprint density at radius 1 is 0.957 bits per heavy atom. The molecular formula is C18H16ClN3O. The van der Waals surface area contributed by atoms with Crippen LogP contribution in [0.2, 0.25) is 5.15 Å². The van der Waals surface area contributed by atoms with Crippen LogP contribution in [0.25, 0.3) is 0 Å². The lowest BCUT2D eigenvalue weighted by Crippen LogP contribution is -2.05. The fraction of sp³-hybridized carbons (Fsp3) is 0.111. The summed E-state index contributed by atoms with van der Waals surface area (Å²) >= 11 is 5.89. The van der Waals surface area contributed by atoms with Gasteiger partial charge in [0.15, 0.2) is 0 Å². The Hall–Kier alpha value is -2.59. The summed E-state index contributed by atoms with van der Waals surface area (Å²) in [7, 11) is 0. The van der Waals surface area contributed by atoms with Gasteiger partial charge < -0.3 is 10.1 Å². The molecule has 1 aromatic carbocycles. The highest BCUT2D eigenvalue weighted by atomic mass is 35.5. The van der Waals surface area contributed by atoms with Gasteiger partial charge in [-0.1, -0.05) is 48.0 Å². The topological polar surface area (TPSA) is 47.0 Å². The first-order valence-electron chi connectivity index (χ1n) is 7.27. The Balaban J connectivity index is 1.65. The number of hydrogen-bond acceptors (Lipinski definition) is 4. The van der Waals surface area contributed by atoms with Gasteiger partial charge in [0.2, 0.25) is 5.88 Å². The molecule has 3 aromatic rings. The molecule has 4 nitrogen and oxygen atoms in total. The molecule has 0 fully saturated rings. The lowest BCUT2D eigenvalue weighted by atomic mass is 10.2. The summed E-state index contributed by atoms with van der Waals surface area (Å²) in [4.78, 5) is 8.29. The quantitative estimate of drug-likeness (QED) is 0.686. The molecule has 0 spiro atoms. The van der Waals surface area contributed by atoms with Crippen LogP contribution in [-0.2, 0) is 13.2 Å². The summed E-state index contributed by atoms with van der Waals surface area (Å²) < 4.78 is 5.85. The molecule has 5 heteroatoms. The number of aromatic nitrogens is 2. The summed E-state index contributed by atoms with van der Waals surface area (Å²) in [6.45, 7) is 1.09. The van der Waals surface area contributed by atoms with E-state index in [9.17, 15) is 0 Å². The zero-order valence-electron chi connectivity index (χ0n) is 12.4. The fourth-order valence-corrected chi connectivity index (χ4v) is 2.30. The Bertz CT molecular complexity index is 765. The molecule has 0 radical (unpaired) electrons. The standard InChI is InChI=1S/C18H16ClN3O/c19-17-11-16(8-10-20-17)22-12-15-7-4-9-21-18(15)23-13-14-5-2-1-3-6-14/h1-11H,12-13H2,(H,20,22). The molecule has 2 heterocycles. The molecular weight excluding hydrogens is 310 g/mol. The van der Waals surface area contributed by atoms with Crippen LogP contribution in [0.15, 0.2) is 67.0 Å². The largest absolute Gasteiger partial charge is 0.473 e. The van der Waals surface area contributed by atoms with Crippen molar-refractivity contribution in [2.45, 2.75) is 13.2 Å². The van der Waals surface area contributed by atoms with Crippen molar-refractivity contribution in [2.24, 2.45) is 0 Å². The van der Waals surface area contributed by atoms with Gasteiger partial charge in [0.1, 0.15) is 11.8 Å². The molecule has 23 heavy (non-hydrogen) atoms. The van der Waals surface area contributed by atoms with Crippen LogP contribution in [0.1, 0.15) is 11.1 Å². The lowest BCUT2D eigenvalue weighted by molar-refractivity contribution is 0.291. The van der Waals surface area contributed by atoms with Crippen molar-refractivity contribution >= 4 is 17.3 Å². The van der Waals surface area contributed by atoms with Crippen molar-refractivity contribution in [3.8, 4) is 5.88 Å². The third-order valence-corrected chi connectivity index (χ3v) is 3.48. The van der Waals surface area contributed by atoms with E-state index < -0.39 is 0 Å². The van der Waals surface area contributed by atoms with Crippen LogP contribution in [0.3, 0.4) is 0 Å². The molecule has 0 saturated heterocycles. The lowest BCUT2D eigenvalue weighted by Gasteiger charge is -2.12. The van der Waals surface area contributed by atoms with Crippen molar-refractivity contribution in [1.82, 2.24) is 9.97 Å². The minimum Gasteiger partial charge on any atom is -0.473 e. The van der Waals surface area contributed by atoms with Crippen LogP contribution in [-0.4, -0.2) is 9.97 Å². The van der Waals surface area contributed by atoms with E-state index in [0.29, 0.717) is 24.2 Å². The van der Waals surface area contributed by atoms with Crippen molar-refractivity contribution in [3.05, 3.63) is 83.3 Å². The van der Waals surface area contributed by atoms with Crippen molar-refractivity contribution in [1.29, 1.82) is 0 Å². The average molecular weight is 326 g/mol. The van der Waals surface area contributed by atoms with E-state index >= 15 is 0 Å². The molecule has 0 aliphatic carbocycles. The number of nitrogens with zero attached hydrogens (tertiary/aromatic N) is 2. The highest BCUT2D eigenvalue weighted by Gasteiger charge is 2.05. The van der Waals surface area contributed by atoms with Crippen LogP contribution in [0.4, 0.5) is 5.69 Å². The van der Waals surface area contributed by atoms with E-state index in [-0.39, 0.29) is 0 Å². The first-order chi connectivity index (χ1) is 11.3. The van der Waals surface area contributed by atoms with Gasteiger partial charge >= 0.3 is 0 Å². The van der Waals surface area contributed by atoms with Gasteiger partial charge in [0.25, 0.3) is 0 Å². The minimum atomic E-state index is 0.460. The number of anilines is 1. The highest BCUT2D eigenvalue weighted by Crippen LogP contribution is 2.19. The van der Waals surface area contributed by atoms with Crippen molar-refractivity contribution in [3.63, 3.8) is 0 Å². The van der Waals surface area contributed by atoms with Gasteiger partial charge in [-0.25, -0.2) is 9.97 Å². The maximum Gasteiger partial charge on any atom is 0.218 e. The zero-order valence-corrected chi connectivity index (χ0v) is 13.2. The highest BCUT2D eigenvalue weighted by molar-refractivity contribution is 6.29. The molecule has 0 saturated carbocycles. The van der Waals surface area contributed by atoms with E-state index in [0.717, 1.165) is 16.8 Å². The maximum atomic E-state index is 5.89. The Kier molecular flexibility index (Phi) is 5.06. The molecule has 2 aromatic heterocycles. The van der Waals surface area contributed by atoms with Gasteiger partial charge in [0, 0.05) is 30.2 Å². The maximum absolute atomic E-state index is 5.89. The van der Waals surface area contributed by atoms with E-state index in [1.54, 1.807) is 18.5 Å². The Labute approximate surface area is 140 Å². The van der Waals surface area contributed by atoms with Gasteiger partial charge in [-0.2, -0.15) is 0 Å². The summed E-state index contributed by atoms with van der Waals surface area (Å²) in [6, 6.07) is 17.6. The second-order valence-corrected chi connectivity index (χ2v) is 5.35. The van der Waals surface area contributed by atoms with E-state index in [1.165, 1.54) is 0 Å². The summed E-state index contributed by atoms with van der Waals surface area (Å²) in [6.07, 6.45) is 3.40. The first-order valence-corrected chi connectivity index (χ1v) is 7.65. The predicted molar refractivity (Wildman–Crippen MR) is 91.6 cm³/mol. The van der Waals surface area contributed by atoms with Gasteiger partial charge in [0.05, 0.1) is 0 Å². The zero-order chi connectivity index (χ0) is 15.9. The summed E-state index contributed by atoms with van der Waals surface area (Å²) in [5.41, 5.74) is 3.00. The van der Waals surface area contributed by atoms with Crippen LogP contribution < -0.4 is 10.1 Å². The molecule has 3 rings (SSSR count). The summed E-state index contributed by atoms with van der Waals surface area (Å²) in [5, 5.41) is 3.76. The van der Waals surface area contributed by atoms with E-state index in [1.807, 2.05) is 48.5 Å². The van der Waals surface area contributed by atoms with E-state index in [2.05, 4.69) is 15.3 Å². The Morgan fingerprint density at radius 3 is 2.65 bits per heavy atom. The molecule has 0 aliphatic rings. The fourth-order valence-electron chi connectivity index (χ4n) is 2.12. The number of ether oxygens (including phenoxy) is 1. The minimum absolute atomic E-state index is 0.460. The third kappa shape index (κ3) is 4.44. The molecule has 0 bridgehead atoms. The number of hydrogen-bond donors (Lipinski definition) is 1. The number of pyridine rings is 2. The molecule has 116 valence electrons. The third-order valence-electron chi connectivity index (χ3n) is 3.28. The van der Waals surface area contributed by atoms with Crippen LogP contribution in [0.5, 0.6) is 5.88 Å². The molecule has 1 N–H and O–H groups in total. The molecule has 0 aliphatic heterocycles. The summed E-state index contributed by atoms with van der Waals surface area (Å²) in [5.74, 6) is 0.629. The van der Waals surface area contributed by atoms with Crippen molar-refractivity contribution in [2.75, 3.05) is 5.32 Å². The number of benzene rings is 1. The first kappa shape index (κ1) is 15.3. The SMILES string of the molecule is Clc1cc(NCc2cccnc2OCc2ccccc2)ccn1. The normalized spacial score (nSPS) is 10.3. The second-order valence-electron chi connectivity index (χ2n) is 4.96. The van der Waals surface area contributed by atoms with Gasteiger partial charge in [-0.3, -0.25) is 0 Å². The van der Waals surface area contributed by atoms with Gasteiger partial charge in [-0.15, -0.1) is 0 Å². The smallest absolute Gasteiger partial charge is 0.218 e. The second kappa shape index (κ2) is 7.61. The van der Waals surface area contributed by atoms with Crippen LogP contribution in [0, 0.1) is 0 Å². The number of halogens is 1. The monoisotopic (exact) mass is 325 g/mol. The van der Waals surface area contributed by atoms with Gasteiger partial charge in [-0.05, 0) is 23.8 Å². The molecule has 0 unspecified atom stereocenters. The van der Waals surface area contributed by atoms with Crippen LogP contribution >= 0.6 is 11.6 Å². The average Bonchev–Trinajstić information content (AvgIpc) is 2.60. The Morgan fingerprint density at radius 2 is 1.83 bits per heavy atom.